The summed E-state index contributed by atoms with van der Waals surface area (Å²) in [5, 5.41) is 10.4. The van der Waals surface area contributed by atoms with E-state index in [9.17, 15) is 8.78 Å². The van der Waals surface area contributed by atoms with Crippen LogP contribution in [0.4, 0.5) is 14.6 Å². The second-order valence-corrected chi connectivity index (χ2v) is 7.07. The van der Waals surface area contributed by atoms with Crippen molar-refractivity contribution in [3.8, 4) is 11.4 Å². The largest absolute Gasteiger partial charge is 0.351 e. The van der Waals surface area contributed by atoms with Crippen LogP contribution in [0.1, 0.15) is 12.7 Å². The molecule has 0 aliphatic carbocycles. The van der Waals surface area contributed by atoms with E-state index >= 15 is 0 Å². The summed E-state index contributed by atoms with van der Waals surface area (Å²) < 4.78 is 24.8. The molecule has 156 valence electrons. The number of hydrogen-bond acceptors (Lipinski definition) is 7. The second-order valence-electron chi connectivity index (χ2n) is 7.07. The molecule has 2 unspecified atom stereocenters. The van der Waals surface area contributed by atoms with Crippen LogP contribution in [-0.4, -0.2) is 82.8 Å². The standard InChI is InChI=1S/C19H26F2N8/c1-12-16(10-23-2)28(3)6-7-29(12)18-8-14(25-11-26-18)15-9-24-17(27-15)5-4-13(22)19(20)21/h4-5,8-9,11-12,16,19,22-23H,6-7,10H2,1-3H3,(H,24,27)/b5-4-,22-13?. The molecule has 10 heteroatoms. The lowest BCUT2D eigenvalue weighted by atomic mass is 10.0. The van der Waals surface area contributed by atoms with Crippen molar-refractivity contribution in [3.05, 3.63) is 30.5 Å². The SMILES string of the molecule is CNCC1C(C)N(c2cc(-c3cnc(/C=C\C(=N)C(F)F)[nH]3)ncn2)CCN1C. The van der Waals surface area contributed by atoms with Crippen LogP contribution >= 0.6 is 0 Å². The molecule has 0 radical (unpaired) electrons. The summed E-state index contributed by atoms with van der Waals surface area (Å²) in [6.45, 7) is 4.87. The minimum atomic E-state index is -2.80. The van der Waals surface area contributed by atoms with Crippen molar-refractivity contribution in [2.45, 2.75) is 25.4 Å². The van der Waals surface area contributed by atoms with Gasteiger partial charge in [0.05, 0.1) is 23.3 Å². The predicted molar refractivity (Wildman–Crippen MR) is 110 cm³/mol. The van der Waals surface area contributed by atoms with E-state index in [1.54, 1.807) is 6.20 Å². The highest BCUT2D eigenvalue weighted by Gasteiger charge is 2.32. The van der Waals surface area contributed by atoms with Crippen LogP contribution in [-0.2, 0) is 0 Å². The first-order valence-corrected chi connectivity index (χ1v) is 9.44. The van der Waals surface area contributed by atoms with Crippen LogP contribution in [0.25, 0.3) is 17.5 Å². The Hall–Kier alpha value is -2.72. The minimum Gasteiger partial charge on any atom is -0.351 e. The molecule has 1 fully saturated rings. The van der Waals surface area contributed by atoms with Gasteiger partial charge in [-0.25, -0.2) is 23.7 Å². The number of likely N-dealkylation sites (N-methyl/N-ethyl adjacent to an activating group) is 2. The molecule has 8 nitrogen and oxygen atoms in total. The molecule has 3 rings (SSSR count). The van der Waals surface area contributed by atoms with Gasteiger partial charge in [-0.3, -0.25) is 10.3 Å². The zero-order valence-corrected chi connectivity index (χ0v) is 16.7. The number of alkyl halides is 2. The van der Waals surface area contributed by atoms with Gasteiger partial charge in [-0.15, -0.1) is 0 Å². The van der Waals surface area contributed by atoms with Gasteiger partial charge in [0.1, 0.15) is 18.0 Å². The van der Waals surface area contributed by atoms with E-state index in [1.165, 1.54) is 12.4 Å². The molecule has 0 spiro atoms. The highest BCUT2D eigenvalue weighted by atomic mass is 19.3. The number of piperazine rings is 1. The summed E-state index contributed by atoms with van der Waals surface area (Å²) in [5.74, 6) is 1.22. The van der Waals surface area contributed by atoms with E-state index in [-0.39, 0.29) is 6.04 Å². The van der Waals surface area contributed by atoms with Gasteiger partial charge in [0.2, 0.25) is 0 Å². The summed E-state index contributed by atoms with van der Waals surface area (Å²) in [6, 6.07) is 2.53. The van der Waals surface area contributed by atoms with E-state index < -0.39 is 12.1 Å². The van der Waals surface area contributed by atoms with Crippen LogP contribution in [0.5, 0.6) is 0 Å². The summed E-state index contributed by atoms with van der Waals surface area (Å²) in [6.07, 6.45) is 2.69. The number of hydrogen-bond donors (Lipinski definition) is 3. The number of nitrogens with zero attached hydrogens (tertiary/aromatic N) is 5. The lowest BCUT2D eigenvalue weighted by Gasteiger charge is -2.45. The van der Waals surface area contributed by atoms with Crippen molar-refractivity contribution >= 4 is 17.6 Å². The Bertz CT molecular complexity index is 865. The zero-order chi connectivity index (χ0) is 21.0. The smallest absolute Gasteiger partial charge is 0.279 e. The average molecular weight is 404 g/mol. The molecule has 2 aromatic rings. The quantitative estimate of drug-likeness (QED) is 0.610. The van der Waals surface area contributed by atoms with Gasteiger partial charge < -0.3 is 15.2 Å². The molecular weight excluding hydrogens is 378 g/mol. The summed E-state index contributed by atoms with van der Waals surface area (Å²) in [4.78, 5) is 20.6. The third-order valence-corrected chi connectivity index (χ3v) is 5.20. The van der Waals surface area contributed by atoms with Gasteiger partial charge in [-0.1, -0.05) is 0 Å². The van der Waals surface area contributed by atoms with Gasteiger partial charge >= 0.3 is 0 Å². The minimum absolute atomic E-state index is 0.268. The van der Waals surface area contributed by atoms with Crippen LogP contribution in [0.3, 0.4) is 0 Å². The van der Waals surface area contributed by atoms with Crippen molar-refractivity contribution in [1.29, 1.82) is 5.41 Å². The maximum absolute atomic E-state index is 12.4. The summed E-state index contributed by atoms with van der Waals surface area (Å²) >= 11 is 0. The fourth-order valence-electron chi connectivity index (χ4n) is 3.51. The molecule has 3 N–H and O–H groups in total. The topological polar surface area (TPSA) is 96.8 Å². The normalized spacial score (nSPS) is 20.7. The lowest BCUT2D eigenvalue weighted by molar-refractivity contribution is 0.179. The van der Waals surface area contributed by atoms with E-state index in [4.69, 9.17) is 5.41 Å². The van der Waals surface area contributed by atoms with Crippen molar-refractivity contribution in [2.75, 3.05) is 38.6 Å². The number of aromatic amines is 1. The molecule has 0 bridgehead atoms. The monoisotopic (exact) mass is 404 g/mol. The van der Waals surface area contributed by atoms with Crippen LogP contribution in [0, 0.1) is 5.41 Å². The second kappa shape index (κ2) is 9.19. The maximum Gasteiger partial charge on any atom is 0.279 e. The first kappa shape index (κ1) is 21.0. The number of allylic oxidation sites excluding steroid dienone is 1. The number of nitrogens with one attached hydrogen (secondary N) is 3. The molecule has 0 aromatic carbocycles. The molecule has 1 saturated heterocycles. The molecule has 3 heterocycles. The Balaban J connectivity index is 1.79. The zero-order valence-electron chi connectivity index (χ0n) is 16.7. The van der Waals surface area contributed by atoms with Gasteiger partial charge in [-0.05, 0) is 33.2 Å². The molecule has 0 amide bonds. The van der Waals surface area contributed by atoms with Crippen LogP contribution < -0.4 is 10.2 Å². The number of anilines is 1. The van der Waals surface area contributed by atoms with Crippen molar-refractivity contribution in [3.63, 3.8) is 0 Å². The van der Waals surface area contributed by atoms with E-state index in [0.717, 1.165) is 31.5 Å². The van der Waals surface area contributed by atoms with E-state index in [2.05, 4.69) is 49.0 Å². The van der Waals surface area contributed by atoms with Gasteiger partial charge in [0, 0.05) is 37.8 Å². The molecule has 2 aromatic heterocycles. The van der Waals surface area contributed by atoms with Crippen molar-refractivity contribution in [1.82, 2.24) is 30.2 Å². The van der Waals surface area contributed by atoms with Crippen LogP contribution in [0.15, 0.2) is 24.7 Å². The third-order valence-electron chi connectivity index (χ3n) is 5.20. The molecule has 1 aliphatic heterocycles. The van der Waals surface area contributed by atoms with E-state index in [0.29, 0.717) is 23.3 Å². The average Bonchev–Trinajstić information content (AvgIpc) is 3.18. The van der Waals surface area contributed by atoms with Gasteiger partial charge in [-0.2, -0.15) is 0 Å². The molecule has 29 heavy (non-hydrogen) atoms. The fourth-order valence-corrected chi connectivity index (χ4v) is 3.51. The molecule has 0 saturated carbocycles. The third kappa shape index (κ3) is 4.83. The number of aromatic nitrogens is 4. The Morgan fingerprint density at radius 2 is 2.17 bits per heavy atom. The molecule has 1 aliphatic rings. The van der Waals surface area contributed by atoms with Crippen LogP contribution in [0.2, 0.25) is 0 Å². The van der Waals surface area contributed by atoms with Gasteiger partial charge in [0.25, 0.3) is 6.43 Å². The Morgan fingerprint density at radius 1 is 1.38 bits per heavy atom. The van der Waals surface area contributed by atoms with Crippen molar-refractivity contribution in [2.24, 2.45) is 0 Å². The lowest BCUT2D eigenvalue weighted by Crippen LogP contribution is -2.60. The Kier molecular flexibility index (Phi) is 6.65. The number of rotatable bonds is 7. The Morgan fingerprint density at radius 3 is 2.90 bits per heavy atom. The van der Waals surface area contributed by atoms with E-state index in [1.807, 2.05) is 13.1 Å². The Labute approximate surface area is 168 Å². The summed E-state index contributed by atoms with van der Waals surface area (Å²) in [5.41, 5.74) is 0.570. The number of imidazole rings is 1. The maximum atomic E-state index is 12.4. The number of halogens is 2. The molecule has 2 atom stereocenters. The highest BCUT2D eigenvalue weighted by molar-refractivity contribution is 5.97. The molecular formula is C19H26F2N8. The predicted octanol–water partition coefficient (Wildman–Crippen LogP) is 1.89. The fraction of sp³-hybridized carbons (Fsp3) is 0.474. The van der Waals surface area contributed by atoms with Gasteiger partial charge in [0.15, 0.2) is 0 Å². The first-order valence-electron chi connectivity index (χ1n) is 9.44. The highest BCUT2D eigenvalue weighted by Crippen LogP contribution is 2.25. The first-order chi connectivity index (χ1) is 13.9. The van der Waals surface area contributed by atoms with Crippen molar-refractivity contribution < 1.29 is 8.78 Å². The summed E-state index contributed by atoms with van der Waals surface area (Å²) in [7, 11) is 4.09. The number of H-pyrrole nitrogens is 1.